The molecule has 0 bridgehead atoms. The Morgan fingerprint density at radius 2 is 1.73 bits per heavy atom. The van der Waals surface area contributed by atoms with E-state index in [1.165, 1.54) is 22.0 Å². The average molecular weight is 455 g/mol. The van der Waals surface area contributed by atoms with Crippen molar-refractivity contribution in [2.75, 3.05) is 18.4 Å². The smallest absolute Gasteiger partial charge is 0.0737 e. The fourth-order valence-corrected chi connectivity index (χ4v) is 4.53. The number of rotatable bonds is 9. The van der Waals surface area contributed by atoms with Gasteiger partial charge >= 0.3 is 0 Å². The van der Waals surface area contributed by atoms with E-state index in [1.807, 2.05) is 30.5 Å². The Balaban J connectivity index is 1.26. The maximum Gasteiger partial charge on any atom is 0.0737 e. The van der Waals surface area contributed by atoms with Gasteiger partial charge in [0.05, 0.1) is 5.52 Å². The summed E-state index contributed by atoms with van der Waals surface area (Å²) in [6, 6.07) is 27.1. The zero-order valence-electron chi connectivity index (χ0n) is 18.5. The lowest BCUT2D eigenvalue weighted by Gasteiger charge is -2.23. The lowest BCUT2D eigenvalue weighted by Crippen LogP contribution is -2.25. The van der Waals surface area contributed by atoms with Crippen molar-refractivity contribution >= 4 is 39.1 Å². The highest BCUT2D eigenvalue weighted by molar-refractivity contribution is 6.31. The molecule has 2 aromatic heterocycles. The molecule has 0 saturated carbocycles. The Labute approximate surface area is 199 Å². The van der Waals surface area contributed by atoms with E-state index in [2.05, 4.69) is 81.0 Å². The van der Waals surface area contributed by atoms with Crippen molar-refractivity contribution in [3.8, 4) is 0 Å². The maximum absolute atomic E-state index is 6.13. The van der Waals surface area contributed by atoms with E-state index in [0.29, 0.717) is 5.02 Å². The van der Waals surface area contributed by atoms with Crippen LogP contribution in [0, 0.1) is 0 Å². The fourth-order valence-electron chi connectivity index (χ4n) is 4.36. The molecule has 0 spiro atoms. The van der Waals surface area contributed by atoms with E-state index in [1.54, 1.807) is 0 Å². The number of aromatic amines is 1. The molecule has 0 fully saturated rings. The molecule has 33 heavy (non-hydrogen) atoms. The summed E-state index contributed by atoms with van der Waals surface area (Å²) in [5.74, 6) is 0. The molecule has 0 aliphatic carbocycles. The van der Waals surface area contributed by atoms with Crippen molar-refractivity contribution in [3.05, 3.63) is 107 Å². The Morgan fingerprint density at radius 1 is 0.879 bits per heavy atom. The van der Waals surface area contributed by atoms with Gasteiger partial charge in [0.1, 0.15) is 0 Å². The summed E-state index contributed by atoms with van der Waals surface area (Å²) in [5, 5.41) is 6.71. The van der Waals surface area contributed by atoms with Crippen LogP contribution >= 0.6 is 11.6 Å². The van der Waals surface area contributed by atoms with Gasteiger partial charge in [-0.25, -0.2) is 0 Å². The fraction of sp³-hybridized carbons (Fsp3) is 0.179. The number of benzene rings is 3. The van der Waals surface area contributed by atoms with Crippen LogP contribution in [0.4, 0.5) is 5.69 Å². The third-order valence-electron chi connectivity index (χ3n) is 5.99. The number of hydrogen-bond acceptors (Lipinski definition) is 3. The van der Waals surface area contributed by atoms with E-state index >= 15 is 0 Å². The topological polar surface area (TPSA) is 44.0 Å². The summed E-state index contributed by atoms with van der Waals surface area (Å²) in [7, 11) is 0. The third kappa shape index (κ3) is 5.19. The van der Waals surface area contributed by atoms with Gasteiger partial charge in [-0.3, -0.25) is 9.88 Å². The highest BCUT2D eigenvalue weighted by atomic mass is 35.5. The summed E-state index contributed by atoms with van der Waals surface area (Å²) in [6.07, 6.45) is 5.02. The van der Waals surface area contributed by atoms with Crippen molar-refractivity contribution in [2.45, 2.75) is 19.5 Å². The average Bonchev–Trinajstić information content (AvgIpc) is 3.25. The molecule has 0 amide bonds. The Morgan fingerprint density at radius 3 is 2.64 bits per heavy atom. The van der Waals surface area contributed by atoms with Crippen molar-refractivity contribution in [1.29, 1.82) is 0 Å². The second kappa shape index (κ2) is 10.1. The predicted octanol–water partition coefficient (Wildman–Crippen LogP) is 6.87. The van der Waals surface area contributed by atoms with Crippen LogP contribution in [0.5, 0.6) is 0 Å². The van der Waals surface area contributed by atoms with Crippen LogP contribution in [0.1, 0.15) is 17.5 Å². The number of aromatic nitrogens is 2. The summed E-state index contributed by atoms with van der Waals surface area (Å²) < 4.78 is 0. The minimum absolute atomic E-state index is 0.709. The minimum Gasteiger partial charge on any atom is -0.384 e. The zero-order chi connectivity index (χ0) is 22.5. The van der Waals surface area contributed by atoms with Crippen LogP contribution < -0.4 is 5.32 Å². The van der Waals surface area contributed by atoms with Crippen LogP contribution in [-0.4, -0.2) is 28.0 Å². The second-order valence-electron chi connectivity index (χ2n) is 8.36. The molecule has 3 aromatic carbocycles. The number of H-pyrrole nitrogens is 1. The van der Waals surface area contributed by atoms with Gasteiger partial charge in [0.2, 0.25) is 0 Å². The van der Waals surface area contributed by atoms with Gasteiger partial charge in [-0.2, -0.15) is 0 Å². The first-order valence-electron chi connectivity index (χ1n) is 11.4. The van der Waals surface area contributed by atoms with Gasteiger partial charge in [0, 0.05) is 65.6 Å². The second-order valence-corrected chi connectivity index (χ2v) is 8.79. The summed E-state index contributed by atoms with van der Waals surface area (Å²) in [6.45, 7) is 3.73. The number of para-hydroxylation sites is 1. The molecule has 0 radical (unpaired) electrons. The first kappa shape index (κ1) is 21.5. The molecule has 0 aliphatic heterocycles. The molecular weight excluding hydrogens is 428 g/mol. The molecule has 5 aromatic rings. The molecule has 2 heterocycles. The molecule has 4 nitrogen and oxygen atoms in total. The predicted molar refractivity (Wildman–Crippen MR) is 139 cm³/mol. The van der Waals surface area contributed by atoms with Crippen LogP contribution in [0.25, 0.3) is 21.8 Å². The van der Waals surface area contributed by atoms with E-state index in [9.17, 15) is 0 Å². The first-order chi connectivity index (χ1) is 16.3. The standard InChI is InChI=1S/C28H27ClN4/c29-23-11-12-25-27(13-15-31-28(25)17-23)30-14-6-16-33(19-21-7-2-1-3-8-21)20-22-18-32-26-10-5-4-9-24(22)26/h1-5,7-13,15,17-18,32H,6,14,16,19-20H2,(H,30,31). The van der Waals surface area contributed by atoms with Crippen molar-refractivity contribution in [3.63, 3.8) is 0 Å². The SMILES string of the molecule is Clc1ccc2c(NCCCN(Cc3ccccc3)Cc3c[nH]c4ccccc34)ccnc2c1. The van der Waals surface area contributed by atoms with E-state index < -0.39 is 0 Å². The van der Waals surface area contributed by atoms with Gasteiger partial charge in [-0.15, -0.1) is 0 Å². The van der Waals surface area contributed by atoms with Gasteiger partial charge < -0.3 is 10.3 Å². The first-order valence-corrected chi connectivity index (χ1v) is 11.7. The highest BCUT2D eigenvalue weighted by Crippen LogP contribution is 2.24. The number of nitrogens with zero attached hydrogens (tertiary/aromatic N) is 2. The van der Waals surface area contributed by atoms with Crippen LogP contribution in [0.15, 0.2) is 91.3 Å². The maximum atomic E-state index is 6.13. The number of anilines is 1. The molecule has 5 rings (SSSR count). The molecule has 0 atom stereocenters. The summed E-state index contributed by atoms with van der Waals surface area (Å²) in [5.41, 5.74) is 5.88. The van der Waals surface area contributed by atoms with Gasteiger partial charge in [0.15, 0.2) is 0 Å². The van der Waals surface area contributed by atoms with Crippen molar-refractivity contribution in [2.24, 2.45) is 0 Å². The largest absolute Gasteiger partial charge is 0.384 e. The summed E-state index contributed by atoms with van der Waals surface area (Å²) in [4.78, 5) is 10.4. The van der Waals surface area contributed by atoms with E-state index in [-0.39, 0.29) is 0 Å². The normalized spacial score (nSPS) is 11.5. The number of halogens is 1. The van der Waals surface area contributed by atoms with Crippen LogP contribution in [0.3, 0.4) is 0 Å². The van der Waals surface area contributed by atoms with Crippen LogP contribution in [-0.2, 0) is 13.1 Å². The minimum atomic E-state index is 0.709. The lowest BCUT2D eigenvalue weighted by molar-refractivity contribution is 0.257. The number of nitrogens with one attached hydrogen (secondary N) is 2. The van der Waals surface area contributed by atoms with E-state index in [4.69, 9.17) is 11.6 Å². The number of fused-ring (bicyclic) bond motifs is 2. The zero-order valence-corrected chi connectivity index (χ0v) is 19.2. The van der Waals surface area contributed by atoms with Crippen LogP contribution in [0.2, 0.25) is 5.02 Å². The summed E-state index contributed by atoms with van der Waals surface area (Å²) >= 11 is 6.13. The molecular formula is C28H27ClN4. The van der Waals surface area contributed by atoms with Gasteiger partial charge in [-0.05, 0) is 47.9 Å². The number of pyridine rings is 1. The molecule has 0 unspecified atom stereocenters. The monoisotopic (exact) mass is 454 g/mol. The Hall–Kier alpha value is -3.34. The van der Waals surface area contributed by atoms with Gasteiger partial charge in [-0.1, -0.05) is 60.1 Å². The van der Waals surface area contributed by atoms with Gasteiger partial charge in [0.25, 0.3) is 0 Å². The Bertz CT molecular complexity index is 1350. The molecule has 0 aliphatic rings. The van der Waals surface area contributed by atoms with E-state index in [0.717, 1.165) is 49.2 Å². The Kier molecular flexibility index (Phi) is 6.56. The molecule has 166 valence electrons. The lowest BCUT2D eigenvalue weighted by atomic mass is 10.1. The third-order valence-corrected chi connectivity index (χ3v) is 6.22. The quantitative estimate of drug-likeness (QED) is 0.239. The molecule has 2 N–H and O–H groups in total. The number of hydrogen-bond donors (Lipinski definition) is 2. The molecule has 5 heteroatoms. The molecule has 0 saturated heterocycles. The van der Waals surface area contributed by atoms with Crippen molar-refractivity contribution in [1.82, 2.24) is 14.9 Å². The highest BCUT2D eigenvalue weighted by Gasteiger charge is 2.11. The van der Waals surface area contributed by atoms with Crippen molar-refractivity contribution < 1.29 is 0 Å².